The van der Waals surface area contributed by atoms with E-state index in [-0.39, 0.29) is 12.4 Å². The van der Waals surface area contributed by atoms with Crippen molar-refractivity contribution in [2.45, 2.75) is 26.0 Å². The summed E-state index contributed by atoms with van der Waals surface area (Å²) in [6, 6.07) is 7.68. The molecule has 1 heterocycles. The number of methoxy groups -OCH3 is 1. The highest BCUT2D eigenvalue weighted by Crippen LogP contribution is 2.26. The number of carbonyl (C=O) groups is 1. The summed E-state index contributed by atoms with van der Waals surface area (Å²) in [5, 5.41) is 10.9. The molecule has 2 aromatic rings. The van der Waals surface area contributed by atoms with Crippen LogP contribution in [0.1, 0.15) is 13.3 Å². The molecule has 20 heavy (non-hydrogen) atoms. The van der Waals surface area contributed by atoms with E-state index in [0.717, 1.165) is 16.7 Å². The first-order valence-corrected chi connectivity index (χ1v) is 6.61. The molecule has 1 unspecified atom stereocenters. The Bertz CT molecular complexity index is 591. The van der Waals surface area contributed by atoms with Crippen LogP contribution in [0.25, 0.3) is 10.9 Å². The van der Waals surface area contributed by atoms with E-state index in [0.29, 0.717) is 13.2 Å². The molecule has 0 bridgehead atoms. The molecule has 1 N–H and O–H groups in total. The number of ether oxygens (including phenoxy) is 2. The number of aromatic nitrogens is 1. The average molecular weight is 277 g/mol. The number of nitrogens with zero attached hydrogens (tertiary/aromatic N) is 1. The second kappa shape index (κ2) is 6.43. The first kappa shape index (κ1) is 14.4. The van der Waals surface area contributed by atoms with E-state index in [1.807, 2.05) is 35.0 Å². The summed E-state index contributed by atoms with van der Waals surface area (Å²) in [4.78, 5) is 11.3. The van der Waals surface area contributed by atoms with Crippen LogP contribution in [-0.2, 0) is 16.1 Å². The third-order valence-electron chi connectivity index (χ3n) is 3.11. The summed E-state index contributed by atoms with van der Waals surface area (Å²) in [6.07, 6.45) is 1.11. The van der Waals surface area contributed by atoms with Gasteiger partial charge in [-0.3, -0.25) is 4.79 Å². The van der Waals surface area contributed by atoms with E-state index >= 15 is 0 Å². The van der Waals surface area contributed by atoms with Crippen molar-refractivity contribution in [2.24, 2.45) is 0 Å². The van der Waals surface area contributed by atoms with Crippen molar-refractivity contribution in [2.75, 3.05) is 13.7 Å². The molecule has 0 spiro atoms. The fraction of sp³-hybridized carbons (Fsp3) is 0.400. The monoisotopic (exact) mass is 277 g/mol. The molecular weight excluding hydrogens is 258 g/mol. The Balaban J connectivity index is 2.12. The maximum absolute atomic E-state index is 11.3. The molecule has 0 radical (unpaired) electrons. The number of aliphatic hydroxyl groups excluding tert-OH is 1. The topological polar surface area (TPSA) is 60.7 Å². The van der Waals surface area contributed by atoms with Gasteiger partial charge in [-0.1, -0.05) is 6.07 Å². The molecule has 2 rings (SSSR count). The lowest BCUT2D eigenvalue weighted by atomic mass is 10.2. The number of carbonyl (C=O) groups excluding carboxylic acids is 1. The molecule has 1 aromatic carbocycles. The minimum Gasteiger partial charge on any atom is -0.496 e. The second-order valence-electron chi connectivity index (χ2n) is 4.52. The SMILES string of the molecule is CCOC(=O)CC(O)Cn1ccc2c(OC)cccc21. The number of benzene rings is 1. The molecule has 0 fully saturated rings. The standard InChI is InChI=1S/C15H19NO4/c1-3-20-15(18)9-11(17)10-16-8-7-12-13(16)5-4-6-14(12)19-2/h4-8,11,17H,3,9-10H2,1-2H3. The molecular formula is C15H19NO4. The van der Waals surface area contributed by atoms with Gasteiger partial charge >= 0.3 is 5.97 Å². The van der Waals surface area contributed by atoms with E-state index in [4.69, 9.17) is 9.47 Å². The molecule has 1 aromatic heterocycles. The van der Waals surface area contributed by atoms with Crippen molar-refractivity contribution in [1.29, 1.82) is 0 Å². The van der Waals surface area contributed by atoms with Crippen LogP contribution in [0.3, 0.4) is 0 Å². The van der Waals surface area contributed by atoms with E-state index in [1.54, 1.807) is 14.0 Å². The highest BCUT2D eigenvalue weighted by Gasteiger charge is 2.14. The Hall–Kier alpha value is -2.01. The zero-order chi connectivity index (χ0) is 14.5. The summed E-state index contributed by atoms with van der Waals surface area (Å²) in [5.41, 5.74) is 0.965. The number of rotatable bonds is 6. The molecule has 0 saturated heterocycles. The molecule has 0 aliphatic rings. The van der Waals surface area contributed by atoms with Crippen molar-refractivity contribution < 1.29 is 19.4 Å². The van der Waals surface area contributed by atoms with Crippen molar-refractivity contribution in [3.8, 4) is 5.75 Å². The van der Waals surface area contributed by atoms with E-state index < -0.39 is 6.10 Å². The minimum atomic E-state index is -0.768. The second-order valence-corrected chi connectivity index (χ2v) is 4.52. The van der Waals surface area contributed by atoms with E-state index in [9.17, 15) is 9.90 Å². The number of esters is 1. The van der Waals surface area contributed by atoms with Crippen LogP contribution in [0, 0.1) is 0 Å². The molecule has 0 saturated carbocycles. The van der Waals surface area contributed by atoms with Gasteiger partial charge in [-0.05, 0) is 25.1 Å². The lowest BCUT2D eigenvalue weighted by Crippen LogP contribution is -2.20. The average Bonchev–Trinajstić information content (AvgIpc) is 2.82. The van der Waals surface area contributed by atoms with E-state index in [2.05, 4.69) is 0 Å². The predicted octanol–water partition coefficient (Wildman–Crippen LogP) is 1.96. The summed E-state index contributed by atoms with van der Waals surface area (Å²) >= 11 is 0. The zero-order valence-electron chi connectivity index (χ0n) is 11.7. The number of fused-ring (bicyclic) bond motifs is 1. The van der Waals surface area contributed by atoms with Gasteiger partial charge in [-0.25, -0.2) is 0 Å². The quantitative estimate of drug-likeness (QED) is 0.820. The Kier molecular flexibility index (Phi) is 4.63. The van der Waals surface area contributed by atoms with Gasteiger partial charge in [0.15, 0.2) is 0 Å². The van der Waals surface area contributed by atoms with Crippen molar-refractivity contribution >= 4 is 16.9 Å². The maximum Gasteiger partial charge on any atom is 0.308 e. The fourth-order valence-electron chi connectivity index (χ4n) is 2.24. The number of hydrogen-bond donors (Lipinski definition) is 1. The number of aliphatic hydroxyl groups is 1. The first-order chi connectivity index (χ1) is 9.65. The van der Waals surface area contributed by atoms with Gasteiger partial charge in [-0.15, -0.1) is 0 Å². The van der Waals surface area contributed by atoms with Crippen molar-refractivity contribution in [3.63, 3.8) is 0 Å². The van der Waals surface area contributed by atoms with E-state index in [1.165, 1.54) is 0 Å². The fourth-order valence-corrected chi connectivity index (χ4v) is 2.24. The molecule has 108 valence electrons. The normalized spacial score (nSPS) is 12.3. The predicted molar refractivity (Wildman–Crippen MR) is 75.7 cm³/mol. The summed E-state index contributed by atoms with van der Waals surface area (Å²) < 4.78 is 12.0. The Morgan fingerprint density at radius 1 is 1.40 bits per heavy atom. The van der Waals surface area contributed by atoms with Gasteiger partial charge in [0.1, 0.15) is 5.75 Å². The molecule has 5 nitrogen and oxygen atoms in total. The Morgan fingerprint density at radius 2 is 2.20 bits per heavy atom. The first-order valence-electron chi connectivity index (χ1n) is 6.61. The molecule has 0 aliphatic heterocycles. The third kappa shape index (κ3) is 3.11. The molecule has 5 heteroatoms. The lowest BCUT2D eigenvalue weighted by molar-refractivity contribution is -0.145. The Morgan fingerprint density at radius 3 is 2.90 bits per heavy atom. The van der Waals surface area contributed by atoms with Crippen LogP contribution < -0.4 is 4.74 Å². The van der Waals surface area contributed by atoms with Crippen LogP contribution in [0.5, 0.6) is 5.75 Å². The summed E-state index contributed by atoms with van der Waals surface area (Å²) in [6.45, 7) is 2.42. The highest BCUT2D eigenvalue weighted by molar-refractivity contribution is 5.86. The maximum atomic E-state index is 11.3. The van der Waals surface area contributed by atoms with Gasteiger partial charge in [0.25, 0.3) is 0 Å². The van der Waals surface area contributed by atoms with Gasteiger partial charge in [0.05, 0.1) is 31.8 Å². The van der Waals surface area contributed by atoms with Gasteiger partial charge in [0.2, 0.25) is 0 Å². The van der Waals surface area contributed by atoms with Crippen LogP contribution in [0.2, 0.25) is 0 Å². The van der Waals surface area contributed by atoms with Crippen molar-refractivity contribution in [1.82, 2.24) is 4.57 Å². The van der Waals surface area contributed by atoms with Gasteiger partial charge in [-0.2, -0.15) is 0 Å². The molecule has 0 amide bonds. The summed E-state index contributed by atoms with van der Waals surface area (Å²) in [7, 11) is 1.63. The van der Waals surface area contributed by atoms with Gasteiger partial charge in [0, 0.05) is 18.1 Å². The number of hydrogen-bond acceptors (Lipinski definition) is 4. The Labute approximate surface area is 117 Å². The molecule has 1 atom stereocenters. The highest BCUT2D eigenvalue weighted by atomic mass is 16.5. The lowest BCUT2D eigenvalue weighted by Gasteiger charge is -2.12. The van der Waals surface area contributed by atoms with Crippen LogP contribution in [-0.4, -0.2) is 35.5 Å². The smallest absolute Gasteiger partial charge is 0.308 e. The third-order valence-corrected chi connectivity index (χ3v) is 3.11. The van der Waals surface area contributed by atoms with Crippen LogP contribution in [0.4, 0.5) is 0 Å². The molecule has 0 aliphatic carbocycles. The zero-order valence-corrected chi connectivity index (χ0v) is 11.7. The largest absolute Gasteiger partial charge is 0.496 e. The van der Waals surface area contributed by atoms with Crippen molar-refractivity contribution in [3.05, 3.63) is 30.5 Å². The minimum absolute atomic E-state index is 0.00250. The van der Waals surface area contributed by atoms with Gasteiger partial charge < -0.3 is 19.1 Å². The van der Waals surface area contributed by atoms with Crippen LogP contribution in [0.15, 0.2) is 30.5 Å². The van der Waals surface area contributed by atoms with Crippen LogP contribution >= 0.6 is 0 Å². The summed E-state index contributed by atoms with van der Waals surface area (Å²) in [5.74, 6) is 0.412.